The Morgan fingerprint density at radius 3 is 1.29 bits per heavy atom. The van der Waals surface area contributed by atoms with E-state index in [1.165, 1.54) is 21.5 Å². The molecule has 0 spiro atoms. The second-order valence-electron chi connectivity index (χ2n) is 22.0. The average molecular weight is 1200 g/mol. The molecule has 8 aromatic rings. The Labute approximate surface area is 506 Å². The number of aryl methyl sites for hydroxylation is 4. The van der Waals surface area contributed by atoms with Gasteiger partial charge in [0, 0.05) is 36.4 Å². The first kappa shape index (κ1) is 62.0. The summed E-state index contributed by atoms with van der Waals surface area (Å²) in [6.45, 7) is 8.98. The van der Waals surface area contributed by atoms with Crippen LogP contribution in [-0.4, -0.2) is 77.1 Å². The highest BCUT2D eigenvalue weighted by Crippen LogP contribution is 2.52. The summed E-state index contributed by atoms with van der Waals surface area (Å²) >= 11 is 0. The van der Waals surface area contributed by atoms with Gasteiger partial charge < -0.3 is 42.0 Å². The number of hydrogen-bond acceptors (Lipinski definition) is 14. The maximum Gasteiger partial charge on any atom is 0.333 e. The summed E-state index contributed by atoms with van der Waals surface area (Å²) in [6.07, 6.45) is -2.25. The molecule has 452 valence electrons. The SMILES string of the molecule is CCCC(CC#N)OP(OC1CC(n2cc(C)c(=O)[nH]c2=O)OC1COC(c1ccccc1)(c1ccc(C)cc1)c1ccc(OC)cc1)OC1CC(n2cc(C)c(=O)[nH]c2=O)OC1COC(c1ccccc1)(c1ccc(C)cc1)c1ccc(OC)cc1. The van der Waals surface area contributed by atoms with Crippen molar-refractivity contribution < 1.29 is 42.0 Å². The summed E-state index contributed by atoms with van der Waals surface area (Å²) in [5, 5.41) is 10.2. The molecule has 18 nitrogen and oxygen atoms in total. The minimum Gasteiger partial charge on any atom is -0.497 e. The summed E-state index contributed by atoms with van der Waals surface area (Å²) in [6, 6.07) is 53.6. The summed E-state index contributed by atoms with van der Waals surface area (Å²) < 4.78 is 63.9. The van der Waals surface area contributed by atoms with Crippen molar-refractivity contribution in [2.75, 3.05) is 27.4 Å². The number of nitriles is 1. The number of benzene rings is 6. The molecule has 0 bridgehead atoms. The van der Waals surface area contributed by atoms with E-state index in [1.807, 2.05) is 178 Å². The lowest BCUT2D eigenvalue weighted by atomic mass is 9.79. The van der Waals surface area contributed by atoms with Crippen LogP contribution < -0.4 is 32.0 Å². The minimum atomic E-state index is -2.51. The van der Waals surface area contributed by atoms with Gasteiger partial charge in [0.25, 0.3) is 11.1 Å². The number of aromatic nitrogens is 4. The zero-order valence-corrected chi connectivity index (χ0v) is 50.6. The molecule has 6 aromatic carbocycles. The molecule has 2 aliphatic rings. The molecule has 9 atom stereocenters. The van der Waals surface area contributed by atoms with Crippen LogP contribution in [0.5, 0.6) is 11.5 Å². The van der Waals surface area contributed by atoms with Crippen LogP contribution in [0, 0.1) is 39.0 Å². The van der Waals surface area contributed by atoms with E-state index < -0.39 is 85.3 Å². The van der Waals surface area contributed by atoms with E-state index in [0.29, 0.717) is 24.3 Å². The van der Waals surface area contributed by atoms with Crippen molar-refractivity contribution in [1.29, 1.82) is 5.26 Å². The van der Waals surface area contributed by atoms with Gasteiger partial charge in [0.15, 0.2) is 0 Å². The highest BCUT2D eigenvalue weighted by atomic mass is 31.2. The molecule has 9 unspecified atom stereocenters. The number of methoxy groups -OCH3 is 2. The predicted molar refractivity (Wildman–Crippen MR) is 329 cm³/mol. The van der Waals surface area contributed by atoms with Gasteiger partial charge >= 0.3 is 20.0 Å². The van der Waals surface area contributed by atoms with Gasteiger partial charge in [-0.3, -0.25) is 28.7 Å². The van der Waals surface area contributed by atoms with Crippen molar-refractivity contribution in [3.63, 3.8) is 0 Å². The molecule has 0 radical (unpaired) electrons. The van der Waals surface area contributed by atoms with Gasteiger partial charge in [0.05, 0.1) is 58.2 Å². The van der Waals surface area contributed by atoms with Gasteiger partial charge in [-0.05, 0) is 91.8 Å². The van der Waals surface area contributed by atoms with Gasteiger partial charge in [-0.2, -0.15) is 5.26 Å². The number of ether oxygens (including phenoxy) is 6. The summed E-state index contributed by atoms with van der Waals surface area (Å²) in [4.78, 5) is 58.0. The molecule has 2 aromatic heterocycles. The highest BCUT2D eigenvalue weighted by molar-refractivity contribution is 7.41. The summed E-state index contributed by atoms with van der Waals surface area (Å²) in [7, 11) is 0.710. The number of hydrogen-bond donors (Lipinski definition) is 2. The second-order valence-corrected chi connectivity index (χ2v) is 23.1. The van der Waals surface area contributed by atoms with Gasteiger partial charge in [-0.25, -0.2) is 9.59 Å². The lowest BCUT2D eigenvalue weighted by Crippen LogP contribution is -2.39. The third-order valence-corrected chi connectivity index (χ3v) is 17.4. The number of nitrogens with zero attached hydrogens (tertiary/aromatic N) is 3. The molecular formula is C68H72N5O13P. The van der Waals surface area contributed by atoms with Crippen molar-refractivity contribution in [1.82, 2.24) is 19.1 Å². The van der Waals surface area contributed by atoms with E-state index in [0.717, 1.165) is 44.5 Å². The summed E-state index contributed by atoms with van der Waals surface area (Å²) in [5.41, 5.74) is 2.59. The molecule has 4 heterocycles. The Morgan fingerprint density at radius 2 is 0.931 bits per heavy atom. The van der Waals surface area contributed by atoms with Gasteiger partial charge in [0.1, 0.15) is 47.4 Å². The molecule has 0 aliphatic carbocycles. The van der Waals surface area contributed by atoms with Crippen LogP contribution in [0.2, 0.25) is 0 Å². The standard InChI is InChI=1S/C68H72N5O13P/c1-8-15-56(36-37-69)84-87(85-57-38-61(72-40-46(4)63(74)70-65(72)76)82-59(57)42-80-67(48-16-11-9-12-17-48,50-24-20-44(2)21-25-50)52-28-32-54(78-6)33-29-52)86-58-39-62(73-41-47(5)64(75)71-66(73)77)83-60(58)43-81-68(49-18-13-10-14-19-49,51-26-22-45(3)23-27-51)53-30-34-55(79-7)35-31-53/h9-14,16-35,40-41,56-62H,8,15,36,38-39,42-43H2,1-7H3,(H,70,74,76)(H,71,75,77). The number of aromatic amines is 2. The van der Waals surface area contributed by atoms with Crippen LogP contribution >= 0.6 is 8.60 Å². The van der Waals surface area contributed by atoms with E-state index in [2.05, 4.69) is 16.0 Å². The van der Waals surface area contributed by atoms with E-state index in [4.69, 9.17) is 42.0 Å². The molecule has 10 rings (SSSR count). The van der Waals surface area contributed by atoms with Crippen LogP contribution in [-0.2, 0) is 43.7 Å². The monoisotopic (exact) mass is 1200 g/mol. The number of nitrogens with one attached hydrogen (secondary N) is 2. The molecule has 2 saturated heterocycles. The van der Waals surface area contributed by atoms with Crippen molar-refractivity contribution in [2.24, 2.45) is 0 Å². The van der Waals surface area contributed by atoms with Gasteiger partial charge in [-0.1, -0.05) is 158 Å². The van der Waals surface area contributed by atoms with Gasteiger partial charge in [0.2, 0.25) is 0 Å². The van der Waals surface area contributed by atoms with Crippen LogP contribution in [0.25, 0.3) is 0 Å². The molecular weight excluding hydrogens is 1130 g/mol. The van der Waals surface area contributed by atoms with Crippen molar-refractivity contribution in [2.45, 2.75) is 121 Å². The van der Waals surface area contributed by atoms with E-state index in [9.17, 15) is 24.4 Å². The van der Waals surface area contributed by atoms with Crippen LogP contribution in [0.3, 0.4) is 0 Å². The lowest BCUT2D eigenvalue weighted by Gasteiger charge is -2.38. The molecule has 87 heavy (non-hydrogen) atoms. The van der Waals surface area contributed by atoms with Gasteiger partial charge in [-0.15, -0.1) is 0 Å². The van der Waals surface area contributed by atoms with E-state index in [-0.39, 0.29) is 43.6 Å². The third-order valence-electron chi connectivity index (χ3n) is 16.1. The van der Waals surface area contributed by atoms with Crippen molar-refractivity contribution in [3.8, 4) is 17.6 Å². The minimum absolute atomic E-state index is 0.000167. The lowest BCUT2D eigenvalue weighted by molar-refractivity contribution is -0.0998. The molecule has 0 amide bonds. The Balaban J connectivity index is 1.07. The maximum atomic E-state index is 13.8. The van der Waals surface area contributed by atoms with Crippen LogP contribution in [0.15, 0.2) is 189 Å². The zero-order chi connectivity index (χ0) is 61.2. The molecule has 2 N–H and O–H groups in total. The summed E-state index contributed by atoms with van der Waals surface area (Å²) in [5.74, 6) is 1.31. The van der Waals surface area contributed by atoms with Crippen molar-refractivity contribution >= 4 is 8.60 Å². The maximum absolute atomic E-state index is 13.8. The quantitative estimate of drug-likeness (QED) is 0.0402. The van der Waals surface area contributed by atoms with E-state index >= 15 is 0 Å². The smallest absolute Gasteiger partial charge is 0.333 e. The fourth-order valence-corrected chi connectivity index (χ4v) is 12.8. The Morgan fingerprint density at radius 1 is 0.563 bits per heavy atom. The predicted octanol–water partition coefficient (Wildman–Crippen LogP) is 11.0. The molecule has 2 aliphatic heterocycles. The first-order chi connectivity index (χ1) is 42.1. The number of H-pyrrole nitrogens is 2. The number of rotatable bonds is 25. The Bertz CT molecular complexity index is 3630. The molecule has 0 saturated carbocycles. The fraction of sp³-hybridized carbons (Fsp3) is 0.338. The Kier molecular flexibility index (Phi) is 19.8. The normalized spacial score (nSPS) is 20.4. The van der Waals surface area contributed by atoms with Crippen molar-refractivity contribution in [3.05, 3.63) is 267 Å². The fourth-order valence-electron chi connectivity index (χ4n) is 11.4. The molecule has 19 heteroatoms. The Hall–Kier alpha value is -8.08. The highest BCUT2D eigenvalue weighted by Gasteiger charge is 2.48. The van der Waals surface area contributed by atoms with Crippen LogP contribution in [0.1, 0.15) is 107 Å². The first-order valence-corrected chi connectivity index (χ1v) is 30.2. The third kappa shape index (κ3) is 13.6. The largest absolute Gasteiger partial charge is 0.497 e. The molecule has 2 fully saturated rings. The first-order valence-electron chi connectivity index (χ1n) is 29.1. The average Bonchev–Trinajstić information content (AvgIpc) is 1.26. The van der Waals surface area contributed by atoms with E-state index in [1.54, 1.807) is 28.1 Å². The van der Waals surface area contributed by atoms with Crippen LogP contribution in [0.4, 0.5) is 0 Å². The zero-order valence-electron chi connectivity index (χ0n) is 49.8. The topological polar surface area (TPSA) is 217 Å². The second kappa shape index (κ2) is 27.7.